The molecule has 1 rings (SSSR count). The number of rotatable bonds is 1. The topological polar surface area (TPSA) is 66.5 Å². The van der Waals surface area contributed by atoms with E-state index in [0.717, 1.165) is 0 Å². The van der Waals surface area contributed by atoms with Gasteiger partial charge in [0.05, 0.1) is 12.3 Å². The molecule has 13 heavy (non-hydrogen) atoms. The number of benzene rings is 1. The van der Waals surface area contributed by atoms with Gasteiger partial charge in [0.1, 0.15) is 5.75 Å². The number of anilines is 1. The van der Waals surface area contributed by atoms with Crippen LogP contribution in [0.15, 0.2) is 18.2 Å². The Morgan fingerprint density at radius 2 is 2.15 bits per heavy atom. The van der Waals surface area contributed by atoms with E-state index in [4.69, 9.17) is 10.8 Å². The summed E-state index contributed by atoms with van der Waals surface area (Å²) in [4.78, 5) is 0. The predicted molar refractivity (Wildman–Crippen MR) is 51.1 cm³/mol. The standard InChI is InChI=1S/C10H11NO2/c11-9-5-4-8(7-10(9)13)3-1-2-6-12/h4-5,7,12-13H,2,6,11H2. The lowest BCUT2D eigenvalue weighted by Crippen LogP contribution is -1.85. The van der Waals surface area contributed by atoms with Gasteiger partial charge in [-0.1, -0.05) is 11.8 Å². The molecule has 1 aromatic carbocycles. The molecule has 4 N–H and O–H groups in total. The first kappa shape index (κ1) is 9.43. The molecule has 0 saturated heterocycles. The smallest absolute Gasteiger partial charge is 0.139 e. The van der Waals surface area contributed by atoms with Crippen LogP contribution in [0.25, 0.3) is 0 Å². The molecule has 0 bridgehead atoms. The highest BCUT2D eigenvalue weighted by atomic mass is 16.3. The van der Waals surface area contributed by atoms with Crippen molar-refractivity contribution in [1.82, 2.24) is 0 Å². The van der Waals surface area contributed by atoms with Crippen molar-refractivity contribution in [3.05, 3.63) is 23.8 Å². The summed E-state index contributed by atoms with van der Waals surface area (Å²) in [6.07, 6.45) is 0.436. The quantitative estimate of drug-likeness (QED) is 0.336. The maximum atomic E-state index is 9.21. The lowest BCUT2D eigenvalue weighted by Gasteiger charge is -1.97. The number of aliphatic hydroxyl groups excluding tert-OH is 1. The van der Waals surface area contributed by atoms with Gasteiger partial charge in [-0.3, -0.25) is 0 Å². The molecule has 0 atom stereocenters. The molecule has 0 fully saturated rings. The van der Waals surface area contributed by atoms with Crippen LogP contribution >= 0.6 is 0 Å². The van der Waals surface area contributed by atoms with Crippen molar-refractivity contribution in [3.8, 4) is 17.6 Å². The summed E-state index contributed by atoms with van der Waals surface area (Å²) in [7, 11) is 0. The first-order valence-corrected chi connectivity index (χ1v) is 3.92. The van der Waals surface area contributed by atoms with E-state index in [-0.39, 0.29) is 12.4 Å². The molecule has 68 valence electrons. The number of phenolic OH excluding ortho intramolecular Hbond substituents is 1. The van der Waals surface area contributed by atoms with E-state index in [1.54, 1.807) is 12.1 Å². The summed E-state index contributed by atoms with van der Waals surface area (Å²) in [5.74, 6) is 5.57. The second-order valence-electron chi connectivity index (χ2n) is 2.55. The number of aromatic hydroxyl groups is 1. The Morgan fingerprint density at radius 3 is 2.77 bits per heavy atom. The van der Waals surface area contributed by atoms with Crippen molar-refractivity contribution >= 4 is 5.69 Å². The number of nitrogens with two attached hydrogens (primary N) is 1. The Balaban J connectivity index is 2.81. The lowest BCUT2D eigenvalue weighted by atomic mass is 10.2. The van der Waals surface area contributed by atoms with Crippen LogP contribution in [0.2, 0.25) is 0 Å². The van der Waals surface area contributed by atoms with Gasteiger partial charge in [-0.05, 0) is 18.2 Å². The first-order chi connectivity index (χ1) is 6.24. The van der Waals surface area contributed by atoms with E-state index in [1.807, 2.05) is 0 Å². The Bertz CT molecular complexity index is 350. The molecule has 0 saturated carbocycles. The van der Waals surface area contributed by atoms with E-state index in [2.05, 4.69) is 11.8 Å². The summed E-state index contributed by atoms with van der Waals surface area (Å²) >= 11 is 0. The highest BCUT2D eigenvalue weighted by Crippen LogP contribution is 2.19. The van der Waals surface area contributed by atoms with E-state index in [9.17, 15) is 5.11 Å². The van der Waals surface area contributed by atoms with E-state index < -0.39 is 0 Å². The van der Waals surface area contributed by atoms with Crippen molar-refractivity contribution in [2.24, 2.45) is 0 Å². The third kappa shape index (κ3) is 2.69. The molecule has 0 unspecified atom stereocenters. The van der Waals surface area contributed by atoms with Gasteiger partial charge in [0, 0.05) is 12.0 Å². The highest BCUT2D eigenvalue weighted by Gasteiger charge is 1.95. The zero-order valence-electron chi connectivity index (χ0n) is 7.12. The first-order valence-electron chi connectivity index (χ1n) is 3.92. The van der Waals surface area contributed by atoms with Gasteiger partial charge >= 0.3 is 0 Å². The lowest BCUT2D eigenvalue weighted by molar-refractivity contribution is 0.305. The predicted octanol–water partition coefficient (Wildman–Crippen LogP) is 0.708. The number of nitrogen functional groups attached to an aromatic ring is 1. The van der Waals surface area contributed by atoms with Crippen molar-refractivity contribution in [3.63, 3.8) is 0 Å². The number of phenols is 1. The molecule has 0 aromatic heterocycles. The van der Waals surface area contributed by atoms with Crippen molar-refractivity contribution in [2.75, 3.05) is 12.3 Å². The SMILES string of the molecule is Nc1ccc(C#CCCO)cc1O. The molecule has 0 aliphatic rings. The third-order valence-electron chi connectivity index (χ3n) is 1.50. The molecule has 3 heteroatoms. The second kappa shape index (κ2) is 4.39. The number of aliphatic hydroxyl groups is 1. The van der Waals surface area contributed by atoms with Crippen LogP contribution in [0.5, 0.6) is 5.75 Å². The molecule has 0 aliphatic carbocycles. The van der Waals surface area contributed by atoms with Gasteiger partial charge in [0.25, 0.3) is 0 Å². The van der Waals surface area contributed by atoms with Crippen LogP contribution < -0.4 is 5.73 Å². The van der Waals surface area contributed by atoms with Crippen molar-refractivity contribution < 1.29 is 10.2 Å². The Morgan fingerprint density at radius 1 is 1.38 bits per heavy atom. The van der Waals surface area contributed by atoms with Crippen LogP contribution in [-0.4, -0.2) is 16.8 Å². The molecule has 3 nitrogen and oxygen atoms in total. The minimum atomic E-state index is 0.0378. The van der Waals surface area contributed by atoms with Crippen LogP contribution in [-0.2, 0) is 0 Å². The minimum absolute atomic E-state index is 0.0378. The van der Waals surface area contributed by atoms with E-state index >= 15 is 0 Å². The maximum Gasteiger partial charge on any atom is 0.139 e. The van der Waals surface area contributed by atoms with Gasteiger partial charge in [-0.15, -0.1) is 0 Å². The van der Waals surface area contributed by atoms with Gasteiger partial charge in [0.15, 0.2) is 0 Å². The number of hydrogen-bond donors (Lipinski definition) is 3. The molecule has 0 aliphatic heterocycles. The molecule has 0 amide bonds. The summed E-state index contributed by atoms with van der Waals surface area (Å²) < 4.78 is 0. The Kier molecular flexibility index (Phi) is 3.18. The highest BCUT2D eigenvalue weighted by molar-refractivity contribution is 5.55. The normalized spacial score (nSPS) is 9.00. The Hall–Kier alpha value is -1.66. The van der Waals surface area contributed by atoms with Gasteiger partial charge in [0.2, 0.25) is 0 Å². The average Bonchev–Trinajstić information content (AvgIpc) is 2.12. The average molecular weight is 177 g/mol. The molecular formula is C10H11NO2. The third-order valence-corrected chi connectivity index (χ3v) is 1.50. The maximum absolute atomic E-state index is 9.21. The summed E-state index contributed by atoms with van der Waals surface area (Å²) in [5.41, 5.74) is 6.44. The molecule has 0 spiro atoms. The van der Waals surface area contributed by atoms with E-state index in [1.165, 1.54) is 6.07 Å². The summed E-state index contributed by atoms with van der Waals surface area (Å²) in [5, 5.41) is 17.7. The summed E-state index contributed by atoms with van der Waals surface area (Å²) in [6, 6.07) is 4.82. The van der Waals surface area contributed by atoms with Gasteiger partial charge < -0.3 is 15.9 Å². The fraction of sp³-hybridized carbons (Fsp3) is 0.200. The van der Waals surface area contributed by atoms with E-state index in [0.29, 0.717) is 17.7 Å². The molecule has 1 aromatic rings. The number of hydrogen-bond acceptors (Lipinski definition) is 3. The summed E-state index contributed by atoms with van der Waals surface area (Å²) in [6.45, 7) is 0.0496. The van der Waals surface area contributed by atoms with Gasteiger partial charge in [-0.25, -0.2) is 0 Å². The molecule has 0 radical (unpaired) electrons. The van der Waals surface area contributed by atoms with Crippen molar-refractivity contribution in [2.45, 2.75) is 6.42 Å². The second-order valence-corrected chi connectivity index (χ2v) is 2.55. The van der Waals surface area contributed by atoms with Crippen LogP contribution in [0, 0.1) is 11.8 Å². The van der Waals surface area contributed by atoms with Crippen molar-refractivity contribution in [1.29, 1.82) is 0 Å². The monoisotopic (exact) mass is 177 g/mol. The fourth-order valence-electron chi connectivity index (χ4n) is 0.842. The largest absolute Gasteiger partial charge is 0.506 e. The van der Waals surface area contributed by atoms with Crippen LogP contribution in [0.3, 0.4) is 0 Å². The minimum Gasteiger partial charge on any atom is -0.506 e. The van der Waals surface area contributed by atoms with Crippen LogP contribution in [0.1, 0.15) is 12.0 Å². The van der Waals surface area contributed by atoms with Gasteiger partial charge in [-0.2, -0.15) is 0 Å². The fourth-order valence-corrected chi connectivity index (χ4v) is 0.842. The van der Waals surface area contributed by atoms with Crippen LogP contribution in [0.4, 0.5) is 5.69 Å². The molecule has 0 heterocycles. The zero-order valence-corrected chi connectivity index (χ0v) is 7.12. The zero-order chi connectivity index (χ0) is 9.68. The Labute approximate surface area is 76.8 Å². The molecular weight excluding hydrogens is 166 g/mol.